The van der Waals surface area contributed by atoms with Crippen molar-refractivity contribution < 1.29 is 9.63 Å². The van der Waals surface area contributed by atoms with E-state index in [-0.39, 0.29) is 6.04 Å². The zero-order valence-electron chi connectivity index (χ0n) is 15.1. The number of aliphatic hydroxyl groups is 1. The van der Waals surface area contributed by atoms with Crippen molar-refractivity contribution in [1.29, 1.82) is 0 Å². The van der Waals surface area contributed by atoms with Gasteiger partial charge in [0.05, 0.1) is 6.20 Å². The van der Waals surface area contributed by atoms with Gasteiger partial charge in [0.1, 0.15) is 22.7 Å². The van der Waals surface area contributed by atoms with Crippen LogP contribution in [0.25, 0.3) is 0 Å². The Balaban J connectivity index is 1.49. The number of fused-ring (bicyclic) bond motifs is 1. The van der Waals surface area contributed by atoms with Crippen LogP contribution in [-0.4, -0.2) is 43.2 Å². The molecule has 1 atom stereocenters. The van der Waals surface area contributed by atoms with Gasteiger partial charge in [-0.15, -0.1) is 5.10 Å². The van der Waals surface area contributed by atoms with Gasteiger partial charge in [-0.1, -0.05) is 10.4 Å². The molecule has 25 heavy (non-hydrogen) atoms. The Hall–Kier alpha value is -1.73. The molecule has 2 aliphatic rings. The van der Waals surface area contributed by atoms with Crippen LogP contribution in [0.3, 0.4) is 0 Å². The first-order chi connectivity index (χ1) is 12.0. The second kappa shape index (κ2) is 6.53. The summed E-state index contributed by atoms with van der Waals surface area (Å²) in [6.45, 7) is 6.37. The minimum atomic E-state index is -0.935. The summed E-state index contributed by atoms with van der Waals surface area (Å²) in [5.74, 6) is 1.06. The molecule has 2 aromatic heterocycles. The Labute approximate surface area is 148 Å². The van der Waals surface area contributed by atoms with Crippen LogP contribution in [0.5, 0.6) is 0 Å². The van der Waals surface area contributed by atoms with Crippen LogP contribution in [0.1, 0.15) is 68.3 Å². The lowest BCUT2D eigenvalue weighted by atomic mass is 9.89. The van der Waals surface area contributed by atoms with Gasteiger partial charge in [0.15, 0.2) is 0 Å². The predicted molar refractivity (Wildman–Crippen MR) is 92.0 cm³/mol. The van der Waals surface area contributed by atoms with E-state index in [1.165, 1.54) is 18.4 Å². The minimum Gasteiger partial charge on any atom is -0.382 e. The normalized spacial score (nSPS) is 24.6. The van der Waals surface area contributed by atoms with Crippen LogP contribution in [0.15, 0.2) is 10.7 Å². The Morgan fingerprint density at radius 2 is 2.12 bits per heavy atom. The first-order valence-electron chi connectivity index (χ1n) is 9.38. The lowest BCUT2D eigenvalue weighted by molar-refractivity contribution is -0.0420. The molecule has 3 heterocycles. The Bertz CT molecular complexity index is 738. The van der Waals surface area contributed by atoms with Crippen molar-refractivity contribution in [1.82, 2.24) is 25.1 Å². The summed E-state index contributed by atoms with van der Waals surface area (Å²) >= 11 is 0. The molecule has 0 spiro atoms. The topological polar surface area (TPSA) is 80.2 Å². The number of β-amino-alcohol motifs (C(OH)–C–C–N with tert-alkyl or cyclic N) is 1. The van der Waals surface area contributed by atoms with Crippen molar-refractivity contribution in [3.8, 4) is 0 Å². The molecule has 2 aromatic rings. The number of piperidine rings is 1. The third-order valence-corrected chi connectivity index (χ3v) is 5.47. The molecule has 136 valence electrons. The fourth-order valence-electron chi connectivity index (χ4n) is 3.99. The average Bonchev–Trinajstić information content (AvgIpc) is 3.23. The Morgan fingerprint density at radius 1 is 1.28 bits per heavy atom. The molecular weight excluding hydrogens is 318 g/mol. The standard InChI is InChI=1S/C18H27N5O2/c1-13(2)23-11-17(19-21-23)18(24)8-5-9-22(12-18)10-15-14-6-3-4-7-16(14)25-20-15/h11,13,24H,3-10,12H2,1-2H3. The molecule has 0 aromatic carbocycles. The third kappa shape index (κ3) is 3.22. The van der Waals surface area contributed by atoms with E-state index in [1.807, 2.05) is 6.20 Å². The van der Waals surface area contributed by atoms with E-state index in [4.69, 9.17) is 4.52 Å². The molecule has 1 aliphatic heterocycles. The number of aryl methyl sites for hydroxylation is 1. The molecule has 7 nitrogen and oxygen atoms in total. The Morgan fingerprint density at radius 3 is 2.92 bits per heavy atom. The molecular formula is C18H27N5O2. The Kier molecular flexibility index (Phi) is 4.37. The van der Waals surface area contributed by atoms with E-state index < -0.39 is 5.60 Å². The number of hydrogen-bond donors (Lipinski definition) is 1. The monoisotopic (exact) mass is 345 g/mol. The maximum atomic E-state index is 11.2. The molecule has 1 saturated heterocycles. The van der Waals surface area contributed by atoms with Crippen LogP contribution in [0.2, 0.25) is 0 Å². The van der Waals surface area contributed by atoms with Crippen LogP contribution < -0.4 is 0 Å². The van der Waals surface area contributed by atoms with Gasteiger partial charge in [0.2, 0.25) is 0 Å². The van der Waals surface area contributed by atoms with E-state index >= 15 is 0 Å². The summed E-state index contributed by atoms with van der Waals surface area (Å²) in [4.78, 5) is 2.27. The summed E-state index contributed by atoms with van der Waals surface area (Å²) in [6, 6.07) is 0.242. The van der Waals surface area contributed by atoms with Gasteiger partial charge in [-0.3, -0.25) is 4.90 Å². The summed E-state index contributed by atoms with van der Waals surface area (Å²) in [5, 5.41) is 23.9. The van der Waals surface area contributed by atoms with Crippen LogP contribution in [0, 0.1) is 0 Å². The maximum Gasteiger partial charge on any atom is 0.140 e. The lowest BCUT2D eigenvalue weighted by Crippen LogP contribution is -2.46. The van der Waals surface area contributed by atoms with Crippen molar-refractivity contribution in [2.45, 2.75) is 70.6 Å². The molecule has 1 fully saturated rings. The molecule has 1 N–H and O–H groups in total. The molecule has 7 heteroatoms. The number of aromatic nitrogens is 4. The maximum absolute atomic E-state index is 11.2. The largest absolute Gasteiger partial charge is 0.382 e. The highest BCUT2D eigenvalue weighted by atomic mass is 16.5. The van der Waals surface area contributed by atoms with E-state index in [0.29, 0.717) is 12.2 Å². The fraction of sp³-hybridized carbons (Fsp3) is 0.722. The van der Waals surface area contributed by atoms with Crippen molar-refractivity contribution in [2.75, 3.05) is 13.1 Å². The van der Waals surface area contributed by atoms with Gasteiger partial charge < -0.3 is 9.63 Å². The van der Waals surface area contributed by atoms with Crippen molar-refractivity contribution in [3.05, 3.63) is 28.9 Å². The summed E-state index contributed by atoms with van der Waals surface area (Å²) < 4.78 is 7.34. The number of rotatable bonds is 4. The highest BCUT2D eigenvalue weighted by molar-refractivity contribution is 5.25. The molecule has 4 rings (SSSR count). The number of nitrogens with zero attached hydrogens (tertiary/aromatic N) is 5. The third-order valence-electron chi connectivity index (χ3n) is 5.47. The molecule has 0 amide bonds. The van der Waals surface area contributed by atoms with E-state index in [0.717, 1.165) is 50.2 Å². The van der Waals surface area contributed by atoms with Crippen molar-refractivity contribution >= 4 is 0 Å². The average molecular weight is 345 g/mol. The smallest absolute Gasteiger partial charge is 0.140 e. The fourth-order valence-corrected chi connectivity index (χ4v) is 3.99. The SMILES string of the molecule is CC(C)n1cc(C2(O)CCCN(Cc3noc4c3CCCC4)C2)nn1. The first-order valence-corrected chi connectivity index (χ1v) is 9.38. The van der Waals surface area contributed by atoms with Gasteiger partial charge in [-0.2, -0.15) is 0 Å². The van der Waals surface area contributed by atoms with E-state index in [9.17, 15) is 5.11 Å². The summed E-state index contributed by atoms with van der Waals surface area (Å²) in [7, 11) is 0. The minimum absolute atomic E-state index is 0.242. The lowest BCUT2D eigenvalue weighted by Gasteiger charge is -2.37. The highest BCUT2D eigenvalue weighted by Gasteiger charge is 2.38. The van der Waals surface area contributed by atoms with Crippen molar-refractivity contribution in [3.63, 3.8) is 0 Å². The van der Waals surface area contributed by atoms with E-state index in [2.05, 4.69) is 34.2 Å². The molecule has 0 saturated carbocycles. The highest BCUT2D eigenvalue weighted by Crippen LogP contribution is 2.32. The quantitative estimate of drug-likeness (QED) is 0.915. The van der Waals surface area contributed by atoms with Crippen molar-refractivity contribution in [2.24, 2.45) is 0 Å². The van der Waals surface area contributed by atoms with Gasteiger partial charge >= 0.3 is 0 Å². The molecule has 1 unspecified atom stereocenters. The van der Waals surface area contributed by atoms with E-state index in [1.54, 1.807) is 4.68 Å². The first kappa shape index (κ1) is 16.7. The molecule has 0 radical (unpaired) electrons. The van der Waals surface area contributed by atoms with Gasteiger partial charge in [-0.05, 0) is 52.5 Å². The zero-order valence-corrected chi connectivity index (χ0v) is 15.1. The summed E-state index contributed by atoms with van der Waals surface area (Å²) in [5.41, 5.74) is 2.08. The summed E-state index contributed by atoms with van der Waals surface area (Å²) in [6.07, 6.45) is 8.01. The second-order valence-corrected chi connectivity index (χ2v) is 7.76. The predicted octanol–water partition coefficient (Wildman–Crippen LogP) is 2.21. The molecule has 1 aliphatic carbocycles. The van der Waals surface area contributed by atoms with Crippen LogP contribution in [-0.2, 0) is 25.0 Å². The zero-order chi connectivity index (χ0) is 17.4. The second-order valence-electron chi connectivity index (χ2n) is 7.76. The van der Waals surface area contributed by atoms with Gasteiger partial charge in [0.25, 0.3) is 0 Å². The molecule has 0 bridgehead atoms. The van der Waals surface area contributed by atoms with Crippen LogP contribution >= 0.6 is 0 Å². The number of likely N-dealkylation sites (tertiary alicyclic amines) is 1. The van der Waals surface area contributed by atoms with Crippen LogP contribution in [0.4, 0.5) is 0 Å². The van der Waals surface area contributed by atoms with Gasteiger partial charge in [0, 0.05) is 31.1 Å². The number of hydrogen-bond acceptors (Lipinski definition) is 6. The van der Waals surface area contributed by atoms with Gasteiger partial charge in [-0.25, -0.2) is 4.68 Å².